The first-order valence-electron chi connectivity index (χ1n) is 4.09. The number of nitrogen functional groups attached to an aromatic ring is 1. The highest BCUT2D eigenvalue weighted by atomic mass is 79.9. The van der Waals surface area contributed by atoms with Crippen molar-refractivity contribution in [3.63, 3.8) is 0 Å². The highest BCUT2D eigenvalue weighted by molar-refractivity contribution is 9.10. The number of nitrogens with zero attached hydrogens (tertiary/aromatic N) is 3. The monoisotopic (exact) mass is 284 g/mol. The zero-order valence-electron chi connectivity index (χ0n) is 7.75. The molecular weight excluding hydrogens is 280 g/mol. The number of oxazole rings is 1. The van der Waals surface area contributed by atoms with E-state index in [4.69, 9.17) is 10.2 Å². The van der Waals surface area contributed by atoms with Gasteiger partial charge in [0.2, 0.25) is 0 Å². The Bertz CT molecular complexity index is 554. The minimum atomic E-state index is -0.550. The van der Waals surface area contributed by atoms with E-state index in [0.29, 0.717) is 4.47 Å². The molecule has 0 saturated heterocycles. The molecule has 2 heterocycles. The lowest BCUT2D eigenvalue weighted by atomic mass is 10.2. The second kappa shape index (κ2) is 3.89. The van der Waals surface area contributed by atoms with Crippen LogP contribution < -0.4 is 5.73 Å². The highest BCUT2D eigenvalue weighted by Crippen LogP contribution is 2.30. The van der Waals surface area contributed by atoms with Crippen LogP contribution in [0.1, 0.15) is 0 Å². The van der Waals surface area contributed by atoms with Crippen molar-refractivity contribution in [1.29, 1.82) is 0 Å². The molecule has 0 radical (unpaired) electrons. The normalized spacial score (nSPS) is 10.3. The SMILES string of the molecule is Nc1ncc(-c2ncc(Br)cc2[N+](=O)[O-])o1. The number of hydrogen-bond donors (Lipinski definition) is 1. The van der Waals surface area contributed by atoms with Gasteiger partial charge in [-0.05, 0) is 15.9 Å². The standard InChI is InChI=1S/C8H5BrN4O3/c9-4-1-5(13(14)15)7(11-2-4)6-3-12-8(10)16-6/h1-3H,(H2,10,12). The summed E-state index contributed by atoms with van der Waals surface area (Å²) >= 11 is 3.10. The van der Waals surface area contributed by atoms with Gasteiger partial charge >= 0.3 is 0 Å². The topological polar surface area (TPSA) is 108 Å². The summed E-state index contributed by atoms with van der Waals surface area (Å²) in [4.78, 5) is 17.8. The third-order valence-corrected chi connectivity index (χ3v) is 2.22. The maximum absolute atomic E-state index is 10.8. The average molecular weight is 285 g/mol. The summed E-state index contributed by atoms with van der Waals surface area (Å²) in [5, 5.41) is 10.8. The van der Waals surface area contributed by atoms with E-state index in [9.17, 15) is 10.1 Å². The summed E-state index contributed by atoms with van der Waals surface area (Å²) in [5.41, 5.74) is 5.21. The number of aromatic nitrogens is 2. The van der Waals surface area contributed by atoms with Crippen molar-refractivity contribution < 1.29 is 9.34 Å². The summed E-state index contributed by atoms with van der Waals surface area (Å²) in [6.07, 6.45) is 2.72. The van der Waals surface area contributed by atoms with Gasteiger partial charge in [-0.3, -0.25) is 10.1 Å². The maximum atomic E-state index is 10.8. The molecule has 2 N–H and O–H groups in total. The van der Waals surface area contributed by atoms with E-state index in [2.05, 4.69) is 25.9 Å². The fraction of sp³-hybridized carbons (Fsp3) is 0. The zero-order chi connectivity index (χ0) is 11.7. The second-order valence-corrected chi connectivity index (χ2v) is 3.76. The van der Waals surface area contributed by atoms with E-state index >= 15 is 0 Å². The molecule has 0 aliphatic rings. The van der Waals surface area contributed by atoms with E-state index in [1.807, 2.05) is 0 Å². The van der Waals surface area contributed by atoms with Crippen LogP contribution >= 0.6 is 15.9 Å². The first kappa shape index (κ1) is 10.6. The summed E-state index contributed by atoms with van der Waals surface area (Å²) in [7, 11) is 0. The van der Waals surface area contributed by atoms with E-state index < -0.39 is 4.92 Å². The molecule has 0 aliphatic heterocycles. The molecule has 2 aromatic rings. The number of rotatable bonds is 2. The molecule has 0 unspecified atom stereocenters. The summed E-state index contributed by atoms with van der Waals surface area (Å²) in [6, 6.07) is 1.27. The molecular formula is C8H5BrN4O3. The lowest BCUT2D eigenvalue weighted by Crippen LogP contribution is -1.94. The highest BCUT2D eigenvalue weighted by Gasteiger charge is 2.20. The molecule has 0 spiro atoms. The summed E-state index contributed by atoms with van der Waals surface area (Å²) < 4.78 is 5.49. The molecule has 0 aliphatic carbocycles. The number of nitro groups is 1. The van der Waals surface area contributed by atoms with Crippen molar-refractivity contribution in [2.45, 2.75) is 0 Å². The fourth-order valence-corrected chi connectivity index (χ4v) is 1.47. The smallest absolute Gasteiger partial charge is 0.299 e. The van der Waals surface area contributed by atoms with Crippen molar-refractivity contribution in [2.24, 2.45) is 0 Å². The first-order chi connectivity index (χ1) is 7.58. The van der Waals surface area contributed by atoms with Gasteiger partial charge in [-0.25, -0.2) is 9.97 Å². The summed E-state index contributed by atoms with van der Waals surface area (Å²) in [6.45, 7) is 0. The van der Waals surface area contributed by atoms with Crippen molar-refractivity contribution in [3.8, 4) is 11.5 Å². The largest absolute Gasteiger partial charge is 0.422 e. The Kier molecular flexibility index (Phi) is 2.57. The van der Waals surface area contributed by atoms with E-state index in [1.54, 1.807) is 0 Å². The van der Waals surface area contributed by atoms with Gasteiger partial charge in [-0.15, -0.1) is 0 Å². The van der Waals surface area contributed by atoms with Gasteiger partial charge in [0.05, 0.1) is 11.1 Å². The Morgan fingerprint density at radius 3 is 2.75 bits per heavy atom. The molecule has 8 heteroatoms. The van der Waals surface area contributed by atoms with Crippen molar-refractivity contribution in [3.05, 3.63) is 33.0 Å². The van der Waals surface area contributed by atoms with Gasteiger partial charge in [0.25, 0.3) is 11.7 Å². The lowest BCUT2D eigenvalue weighted by Gasteiger charge is -1.98. The van der Waals surface area contributed by atoms with Crippen LogP contribution in [0.2, 0.25) is 0 Å². The summed E-state index contributed by atoms with van der Waals surface area (Å²) in [5.74, 6) is 0.164. The first-order valence-corrected chi connectivity index (χ1v) is 4.89. The fourth-order valence-electron chi connectivity index (χ4n) is 1.15. The number of hydrogen-bond acceptors (Lipinski definition) is 6. The van der Waals surface area contributed by atoms with E-state index in [1.165, 1.54) is 18.5 Å². The third kappa shape index (κ3) is 1.87. The number of halogens is 1. The number of pyridine rings is 1. The molecule has 0 atom stereocenters. The van der Waals surface area contributed by atoms with Crippen LogP contribution in [-0.4, -0.2) is 14.9 Å². The van der Waals surface area contributed by atoms with Gasteiger partial charge in [0, 0.05) is 16.7 Å². The van der Waals surface area contributed by atoms with E-state index in [-0.39, 0.29) is 23.2 Å². The zero-order valence-corrected chi connectivity index (χ0v) is 9.34. The lowest BCUT2D eigenvalue weighted by molar-refractivity contribution is -0.384. The molecule has 0 amide bonds. The predicted molar refractivity (Wildman–Crippen MR) is 58.5 cm³/mol. The van der Waals surface area contributed by atoms with Crippen molar-refractivity contribution in [2.75, 3.05) is 5.73 Å². The van der Waals surface area contributed by atoms with Crippen LogP contribution in [-0.2, 0) is 0 Å². The Hall–Kier alpha value is -1.96. The van der Waals surface area contributed by atoms with E-state index in [0.717, 1.165) is 0 Å². The van der Waals surface area contributed by atoms with Crippen LogP contribution in [0.5, 0.6) is 0 Å². The molecule has 7 nitrogen and oxygen atoms in total. The maximum Gasteiger partial charge on any atom is 0.299 e. The van der Waals surface area contributed by atoms with Crippen molar-refractivity contribution in [1.82, 2.24) is 9.97 Å². The Labute approximate surface area is 97.6 Å². The molecule has 16 heavy (non-hydrogen) atoms. The number of nitrogens with two attached hydrogens (primary N) is 1. The quantitative estimate of drug-likeness (QED) is 0.667. The molecule has 0 fully saturated rings. The predicted octanol–water partition coefficient (Wildman–Crippen LogP) is 1.99. The molecule has 0 saturated carbocycles. The third-order valence-electron chi connectivity index (χ3n) is 1.79. The average Bonchev–Trinajstić information content (AvgIpc) is 2.64. The number of anilines is 1. The molecule has 2 rings (SSSR count). The minimum Gasteiger partial charge on any atom is -0.422 e. The Morgan fingerprint density at radius 2 is 2.19 bits per heavy atom. The minimum absolute atomic E-state index is 0.0611. The van der Waals surface area contributed by atoms with Crippen molar-refractivity contribution >= 4 is 27.6 Å². The van der Waals surface area contributed by atoms with Crippen LogP contribution in [0.25, 0.3) is 11.5 Å². The molecule has 2 aromatic heterocycles. The van der Waals surface area contributed by atoms with Gasteiger partial charge < -0.3 is 10.2 Å². The van der Waals surface area contributed by atoms with Crippen LogP contribution in [0.15, 0.2) is 27.3 Å². The molecule has 82 valence electrons. The molecule has 0 bridgehead atoms. The van der Waals surface area contributed by atoms with Gasteiger partial charge in [-0.1, -0.05) is 0 Å². The van der Waals surface area contributed by atoms with Crippen LogP contribution in [0, 0.1) is 10.1 Å². The van der Waals surface area contributed by atoms with Crippen LogP contribution in [0.4, 0.5) is 11.7 Å². The Morgan fingerprint density at radius 1 is 1.44 bits per heavy atom. The van der Waals surface area contributed by atoms with Gasteiger partial charge in [0.1, 0.15) is 0 Å². The Balaban J connectivity index is 2.60. The van der Waals surface area contributed by atoms with Gasteiger partial charge in [0.15, 0.2) is 11.5 Å². The van der Waals surface area contributed by atoms with Crippen LogP contribution in [0.3, 0.4) is 0 Å². The second-order valence-electron chi connectivity index (χ2n) is 2.84. The van der Waals surface area contributed by atoms with Gasteiger partial charge in [-0.2, -0.15) is 0 Å². The molecule has 0 aromatic carbocycles.